The molecule has 0 aliphatic carbocycles. The second kappa shape index (κ2) is 7.80. The van der Waals surface area contributed by atoms with Gasteiger partial charge in [-0.3, -0.25) is 4.79 Å². The van der Waals surface area contributed by atoms with Crippen molar-refractivity contribution in [2.75, 3.05) is 13.7 Å². The molecule has 0 bridgehead atoms. The van der Waals surface area contributed by atoms with Crippen molar-refractivity contribution in [2.24, 2.45) is 0 Å². The molecular weight excluding hydrogens is 332 g/mol. The van der Waals surface area contributed by atoms with E-state index in [2.05, 4.69) is 33.5 Å². The summed E-state index contributed by atoms with van der Waals surface area (Å²) in [5, 5.41) is 6.31. The summed E-state index contributed by atoms with van der Waals surface area (Å²) < 4.78 is 6.15. The SMILES string of the molecule is COc1ccc(C(C)NCCC(=O)NC(C)(C)C)cc1Br. The lowest BCUT2D eigenvalue weighted by Crippen LogP contribution is -2.41. The van der Waals surface area contributed by atoms with Crippen molar-refractivity contribution < 1.29 is 9.53 Å². The second-order valence-corrected chi connectivity index (χ2v) is 6.97. The quantitative estimate of drug-likeness (QED) is 0.820. The molecule has 0 spiro atoms. The molecule has 0 heterocycles. The number of ether oxygens (including phenoxy) is 1. The molecule has 0 radical (unpaired) electrons. The first-order valence-corrected chi connectivity index (χ1v) is 7.90. The summed E-state index contributed by atoms with van der Waals surface area (Å²) in [6.45, 7) is 8.67. The number of halogens is 1. The summed E-state index contributed by atoms with van der Waals surface area (Å²) in [4.78, 5) is 11.7. The third-order valence-electron chi connectivity index (χ3n) is 2.99. The van der Waals surface area contributed by atoms with E-state index in [9.17, 15) is 4.79 Å². The summed E-state index contributed by atoms with van der Waals surface area (Å²) >= 11 is 3.48. The Morgan fingerprint density at radius 3 is 2.57 bits per heavy atom. The number of amides is 1. The standard InChI is InChI=1S/C16H25BrN2O2/c1-11(12-6-7-14(21-5)13(17)10-12)18-9-8-15(20)19-16(2,3)4/h6-7,10-11,18H,8-9H2,1-5H3,(H,19,20). The molecule has 1 rings (SSSR count). The Labute approximate surface area is 135 Å². The molecular formula is C16H25BrN2O2. The lowest BCUT2D eigenvalue weighted by Gasteiger charge is -2.21. The third kappa shape index (κ3) is 6.48. The van der Waals surface area contributed by atoms with E-state index in [4.69, 9.17) is 4.74 Å². The Morgan fingerprint density at radius 2 is 2.05 bits per heavy atom. The van der Waals surface area contributed by atoms with Crippen LogP contribution in [0.1, 0.15) is 45.7 Å². The maximum absolute atomic E-state index is 11.7. The van der Waals surface area contributed by atoms with Gasteiger partial charge in [0.15, 0.2) is 0 Å². The van der Waals surface area contributed by atoms with E-state index in [0.29, 0.717) is 13.0 Å². The van der Waals surface area contributed by atoms with Crippen molar-refractivity contribution in [3.8, 4) is 5.75 Å². The van der Waals surface area contributed by atoms with Crippen LogP contribution in [-0.4, -0.2) is 25.1 Å². The fourth-order valence-electron chi connectivity index (χ4n) is 1.95. The van der Waals surface area contributed by atoms with Gasteiger partial charge in [-0.05, 0) is 61.3 Å². The van der Waals surface area contributed by atoms with E-state index < -0.39 is 0 Å². The number of rotatable bonds is 6. The Morgan fingerprint density at radius 1 is 1.38 bits per heavy atom. The van der Waals surface area contributed by atoms with Crippen molar-refractivity contribution in [3.63, 3.8) is 0 Å². The zero-order chi connectivity index (χ0) is 16.0. The van der Waals surface area contributed by atoms with Gasteiger partial charge < -0.3 is 15.4 Å². The van der Waals surface area contributed by atoms with Gasteiger partial charge in [0.1, 0.15) is 5.75 Å². The Balaban J connectivity index is 2.45. The van der Waals surface area contributed by atoms with Gasteiger partial charge in [-0.15, -0.1) is 0 Å². The number of hydrogen-bond acceptors (Lipinski definition) is 3. The molecule has 21 heavy (non-hydrogen) atoms. The maximum Gasteiger partial charge on any atom is 0.221 e. The average molecular weight is 357 g/mol. The van der Waals surface area contributed by atoms with Gasteiger partial charge in [-0.1, -0.05) is 6.07 Å². The number of carbonyl (C=O) groups excluding carboxylic acids is 1. The number of hydrogen-bond donors (Lipinski definition) is 2. The zero-order valence-electron chi connectivity index (χ0n) is 13.4. The van der Waals surface area contributed by atoms with Crippen LogP contribution in [0.25, 0.3) is 0 Å². The van der Waals surface area contributed by atoms with Crippen LogP contribution < -0.4 is 15.4 Å². The number of nitrogens with one attached hydrogen (secondary N) is 2. The molecule has 118 valence electrons. The Hall–Kier alpha value is -1.07. The number of benzene rings is 1. The maximum atomic E-state index is 11.7. The lowest BCUT2D eigenvalue weighted by atomic mass is 10.1. The minimum atomic E-state index is -0.177. The molecule has 1 atom stereocenters. The van der Waals surface area contributed by atoms with Gasteiger partial charge in [0.25, 0.3) is 0 Å². The first-order valence-electron chi connectivity index (χ1n) is 7.11. The highest BCUT2D eigenvalue weighted by atomic mass is 79.9. The summed E-state index contributed by atoms with van der Waals surface area (Å²) in [5.41, 5.74) is 0.975. The minimum absolute atomic E-state index is 0.0677. The molecule has 0 aliphatic heterocycles. The molecule has 0 aliphatic rings. The van der Waals surface area contributed by atoms with Crippen molar-refractivity contribution in [2.45, 2.75) is 45.7 Å². The molecule has 1 unspecified atom stereocenters. The predicted octanol–water partition coefficient (Wildman–Crippen LogP) is 3.41. The molecule has 4 nitrogen and oxygen atoms in total. The van der Waals surface area contributed by atoms with Crippen LogP contribution in [-0.2, 0) is 4.79 Å². The normalized spacial score (nSPS) is 12.9. The molecule has 0 fully saturated rings. The minimum Gasteiger partial charge on any atom is -0.496 e. The van der Waals surface area contributed by atoms with Crippen molar-refractivity contribution in [1.29, 1.82) is 0 Å². The van der Waals surface area contributed by atoms with Crippen LogP contribution in [0.15, 0.2) is 22.7 Å². The Bertz CT molecular complexity index is 484. The largest absolute Gasteiger partial charge is 0.496 e. The highest BCUT2D eigenvalue weighted by molar-refractivity contribution is 9.10. The molecule has 1 aromatic carbocycles. The lowest BCUT2D eigenvalue weighted by molar-refractivity contribution is -0.122. The highest BCUT2D eigenvalue weighted by Crippen LogP contribution is 2.27. The predicted molar refractivity (Wildman–Crippen MR) is 89.6 cm³/mol. The molecule has 5 heteroatoms. The van der Waals surface area contributed by atoms with Crippen LogP contribution in [0.3, 0.4) is 0 Å². The van der Waals surface area contributed by atoms with E-state index in [1.165, 1.54) is 0 Å². The molecule has 1 amide bonds. The summed E-state index contributed by atoms with van der Waals surface area (Å²) in [5.74, 6) is 0.883. The van der Waals surface area contributed by atoms with E-state index in [1.807, 2.05) is 39.0 Å². The third-order valence-corrected chi connectivity index (χ3v) is 3.61. The van der Waals surface area contributed by atoms with Crippen molar-refractivity contribution >= 4 is 21.8 Å². The molecule has 0 aromatic heterocycles. The van der Waals surface area contributed by atoms with Gasteiger partial charge in [-0.25, -0.2) is 0 Å². The topological polar surface area (TPSA) is 50.4 Å². The van der Waals surface area contributed by atoms with Crippen LogP contribution >= 0.6 is 15.9 Å². The summed E-state index contributed by atoms with van der Waals surface area (Å²) in [6.07, 6.45) is 0.471. The molecule has 0 saturated heterocycles. The van der Waals surface area contributed by atoms with E-state index in [-0.39, 0.29) is 17.5 Å². The van der Waals surface area contributed by atoms with Gasteiger partial charge in [-0.2, -0.15) is 0 Å². The van der Waals surface area contributed by atoms with Gasteiger partial charge in [0, 0.05) is 24.5 Å². The smallest absolute Gasteiger partial charge is 0.221 e. The van der Waals surface area contributed by atoms with Crippen molar-refractivity contribution in [3.05, 3.63) is 28.2 Å². The summed E-state index contributed by atoms with van der Waals surface area (Å²) in [6, 6.07) is 6.17. The van der Waals surface area contributed by atoms with E-state index >= 15 is 0 Å². The highest BCUT2D eigenvalue weighted by Gasteiger charge is 2.14. The fourth-order valence-corrected chi connectivity index (χ4v) is 2.51. The van der Waals surface area contributed by atoms with Gasteiger partial charge in [0.05, 0.1) is 11.6 Å². The van der Waals surface area contributed by atoms with E-state index in [0.717, 1.165) is 15.8 Å². The van der Waals surface area contributed by atoms with Crippen molar-refractivity contribution in [1.82, 2.24) is 10.6 Å². The van der Waals surface area contributed by atoms with Crippen LogP contribution in [0.4, 0.5) is 0 Å². The van der Waals surface area contributed by atoms with Crippen LogP contribution in [0, 0.1) is 0 Å². The van der Waals surface area contributed by atoms with E-state index in [1.54, 1.807) is 7.11 Å². The van der Waals surface area contributed by atoms with Gasteiger partial charge in [0.2, 0.25) is 5.91 Å². The fraction of sp³-hybridized carbons (Fsp3) is 0.562. The second-order valence-electron chi connectivity index (χ2n) is 6.12. The summed E-state index contributed by atoms with van der Waals surface area (Å²) in [7, 11) is 1.65. The Kier molecular flexibility index (Phi) is 6.68. The molecule has 2 N–H and O–H groups in total. The van der Waals surface area contributed by atoms with Gasteiger partial charge >= 0.3 is 0 Å². The van der Waals surface area contributed by atoms with Crippen LogP contribution in [0.5, 0.6) is 5.75 Å². The average Bonchev–Trinajstić information content (AvgIpc) is 2.36. The zero-order valence-corrected chi connectivity index (χ0v) is 15.0. The first kappa shape index (κ1) is 18.0. The molecule has 0 saturated carbocycles. The van der Waals surface area contributed by atoms with Crippen LogP contribution in [0.2, 0.25) is 0 Å². The number of carbonyl (C=O) groups is 1. The monoisotopic (exact) mass is 356 g/mol. The molecule has 1 aromatic rings. The number of methoxy groups -OCH3 is 1. The first-order chi connectivity index (χ1) is 9.73.